The molecule has 1 saturated carbocycles. The van der Waals surface area contributed by atoms with E-state index in [4.69, 9.17) is 5.11 Å². The normalized spacial score (nSPS) is 27.4. The van der Waals surface area contributed by atoms with Gasteiger partial charge in [0, 0.05) is 16.9 Å². The van der Waals surface area contributed by atoms with Gasteiger partial charge in [-0.05, 0) is 56.2 Å². The van der Waals surface area contributed by atoms with E-state index in [9.17, 15) is 9.59 Å². The number of halogens is 1. The second-order valence-corrected chi connectivity index (χ2v) is 7.60. The minimum atomic E-state index is -0.762. The van der Waals surface area contributed by atoms with Crippen LogP contribution in [0.3, 0.4) is 0 Å². The molecular formula is C18H22BrNO3. The fourth-order valence-electron chi connectivity index (χ4n) is 3.92. The van der Waals surface area contributed by atoms with Gasteiger partial charge in [0.2, 0.25) is 5.91 Å². The van der Waals surface area contributed by atoms with Gasteiger partial charge < -0.3 is 10.0 Å². The van der Waals surface area contributed by atoms with E-state index in [2.05, 4.69) is 35.0 Å². The summed E-state index contributed by atoms with van der Waals surface area (Å²) in [5.74, 6) is -1.08. The van der Waals surface area contributed by atoms with Gasteiger partial charge in [0.25, 0.3) is 0 Å². The van der Waals surface area contributed by atoms with E-state index in [0.29, 0.717) is 19.3 Å². The predicted molar refractivity (Wildman–Crippen MR) is 91.0 cm³/mol. The Kier molecular flexibility index (Phi) is 4.76. The van der Waals surface area contributed by atoms with Crippen molar-refractivity contribution in [1.82, 2.24) is 4.90 Å². The van der Waals surface area contributed by atoms with Crippen LogP contribution < -0.4 is 0 Å². The van der Waals surface area contributed by atoms with E-state index in [1.165, 1.54) is 11.1 Å². The van der Waals surface area contributed by atoms with Gasteiger partial charge in [0.1, 0.15) is 0 Å². The summed E-state index contributed by atoms with van der Waals surface area (Å²) in [4.78, 5) is 26.0. The standard InChI is InChI=1S/C18H22BrNO3/c1-11-9-12(6-7-15(11)19)16-3-2-8-20(16)17(21)13-4-5-14(10-13)18(22)23/h6-7,9,13-14,16H,2-5,8,10H2,1H3,(H,22,23)/t13-,14+,16?/m1/s1. The van der Waals surface area contributed by atoms with Gasteiger partial charge in [0.05, 0.1) is 12.0 Å². The number of likely N-dealkylation sites (tertiary alicyclic amines) is 1. The molecule has 0 aromatic heterocycles. The molecule has 1 aliphatic heterocycles. The maximum Gasteiger partial charge on any atom is 0.306 e. The Labute approximate surface area is 145 Å². The molecule has 1 unspecified atom stereocenters. The summed E-state index contributed by atoms with van der Waals surface area (Å²) in [6.45, 7) is 2.84. The van der Waals surface area contributed by atoms with Gasteiger partial charge >= 0.3 is 5.97 Å². The van der Waals surface area contributed by atoms with Crippen molar-refractivity contribution in [2.45, 2.75) is 45.1 Å². The Morgan fingerprint density at radius 1 is 1.22 bits per heavy atom. The molecule has 1 N–H and O–H groups in total. The van der Waals surface area contributed by atoms with Crippen LogP contribution in [-0.2, 0) is 9.59 Å². The molecule has 5 heteroatoms. The highest BCUT2D eigenvalue weighted by atomic mass is 79.9. The van der Waals surface area contributed by atoms with Crippen molar-refractivity contribution in [2.24, 2.45) is 11.8 Å². The summed E-state index contributed by atoms with van der Waals surface area (Å²) in [6, 6.07) is 6.41. The minimum absolute atomic E-state index is 0.117. The Hall–Kier alpha value is -1.36. The maximum absolute atomic E-state index is 12.9. The molecule has 1 aromatic rings. The van der Waals surface area contributed by atoms with Gasteiger partial charge in [-0.2, -0.15) is 0 Å². The summed E-state index contributed by atoms with van der Waals surface area (Å²) in [5.41, 5.74) is 2.36. The second-order valence-electron chi connectivity index (χ2n) is 6.74. The highest BCUT2D eigenvalue weighted by molar-refractivity contribution is 9.10. The number of carbonyl (C=O) groups excluding carboxylic acids is 1. The number of aryl methyl sites for hydroxylation is 1. The third-order valence-corrected chi connectivity index (χ3v) is 6.12. The van der Waals surface area contributed by atoms with E-state index in [-0.39, 0.29) is 23.8 Å². The Morgan fingerprint density at radius 3 is 2.61 bits per heavy atom. The molecule has 0 bridgehead atoms. The topological polar surface area (TPSA) is 57.6 Å². The first kappa shape index (κ1) is 16.5. The largest absolute Gasteiger partial charge is 0.481 e. The Bertz CT molecular complexity index is 631. The van der Waals surface area contributed by atoms with Gasteiger partial charge in [0.15, 0.2) is 0 Å². The molecule has 1 amide bonds. The lowest BCUT2D eigenvalue weighted by molar-refractivity contribution is -0.141. The molecule has 4 nitrogen and oxygen atoms in total. The molecular weight excluding hydrogens is 358 g/mol. The summed E-state index contributed by atoms with van der Waals surface area (Å²) in [5, 5.41) is 9.14. The van der Waals surface area contributed by atoms with Crippen molar-refractivity contribution < 1.29 is 14.7 Å². The van der Waals surface area contributed by atoms with Gasteiger partial charge in [-0.3, -0.25) is 9.59 Å². The van der Waals surface area contributed by atoms with Gasteiger partial charge in [-0.1, -0.05) is 28.1 Å². The van der Waals surface area contributed by atoms with Crippen LogP contribution in [0.5, 0.6) is 0 Å². The van der Waals surface area contributed by atoms with Gasteiger partial charge in [-0.25, -0.2) is 0 Å². The fourth-order valence-corrected chi connectivity index (χ4v) is 4.16. The van der Waals surface area contributed by atoms with E-state index >= 15 is 0 Å². The highest BCUT2D eigenvalue weighted by Crippen LogP contribution is 2.38. The van der Waals surface area contributed by atoms with Crippen molar-refractivity contribution in [3.05, 3.63) is 33.8 Å². The molecule has 3 atom stereocenters. The zero-order valence-corrected chi connectivity index (χ0v) is 14.9. The zero-order valence-electron chi connectivity index (χ0n) is 13.3. The van der Waals surface area contributed by atoms with Crippen LogP contribution in [0.25, 0.3) is 0 Å². The molecule has 124 valence electrons. The van der Waals surface area contributed by atoms with Crippen LogP contribution in [0.4, 0.5) is 0 Å². The molecule has 1 aliphatic carbocycles. The number of hydrogen-bond donors (Lipinski definition) is 1. The molecule has 2 fully saturated rings. The fraction of sp³-hybridized carbons (Fsp3) is 0.556. The number of hydrogen-bond acceptors (Lipinski definition) is 2. The molecule has 23 heavy (non-hydrogen) atoms. The molecule has 3 rings (SSSR count). The third-order valence-electron chi connectivity index (χ3n) is 5.23. The van der Waals surface area contributed by atoms with Crippen LogP contribution in [0, 0.1) is 18.8 Å². The number of nitrogens with zero attached hydrogens (tertiary/aromatic N) is 1. The van der Waals surface area contributed by atoms with E-state index < -0.39 is 5.97 Å². The van der Waals surface area contributed by atoms with E-state index in [0.717, 1.165) is 23.9 Å². The minimum Gasteiger partial charge on any atom is -0.481 e. The molecule has 1 aromatic carbocycles. The molecule has 0 radical (unpaired) electrons. The average molecular weight is 380 g/mol. The summed E-state index contributed by atoms with van der Waals surface area (Å²) in [7, 11) is 0. The molecule has 1 saturated heterocycles. The van der Waals surface area contributed by atoms with Crippen molar-refractivity contribution >= 4 is 27.8 Å². The Morgan fingerprint density at radius 2 is 1.96 bits per heavy atom. The van der Waals surface area contributed by atoms with Crippen LogP contribution in [0.2, 0.25) is 0 Å². The smallest absolute Gasteiger partial charge is 0.306 e. The molecule has 2 aliphatic rings. The lowest BCUT2D eigenvalue weighted by atomic mass is 9.99. The van der Waals surface area contributed by atoms with Crippen LogP contribution in [0.1, 0.15) is 49.3 Å². The first-order chi connectivity index (χ1) is 11.0. The average Bonchev–Trinajstić information content (AvgIpc) is 3.18. The van der Waals surface area contributed by atoms with Crippen LogP contribution in [0.15, 0.2) is 22.7 Å². The first-order valence-corrected chi connectivity index (χ1v) is 9.06. The lowest BCUT2D eigenvalue weighted by Crippen LogP contribution is -2.35. The molecule has 0 spiro atoms. The predicted octanol–water partition coefficient (Wildman–Crippen LogP) is 3.92. The van der Waals surface area contributed by atoms with E-state index in [1.54, 1.807) is 0 Å². The first-order valence-electron chi connectivity index (χ1n) is 8.26. The SMILES string of the molecule is Cc1cc(C2CCCN2C(=O)[C@@H]2CC[C@H](C(=O)O)C2)ccc1Br. The number of rotatable bonds is 3. The summed E-state index contributed by atoms with van der Waals surface area (Å²) in [6.07, 6.45) is 3.83. The Balaban J connectivity index is 1.75. The number of aliphatic carboxylic acids is 1. The van der Waals surface area contributed by atoms with E-state index in [1.807, 2.05) is 11.0 Å². The number of amides is 1. The third kappa shape index (κ3) is 3.30. The molecule has 1 heterocycles. The number of carbonyl (C=O) groups is 2. The van der Waals surface area contributed by atoms with Crippen molar-refractivity contribution in [3.63, 3.8) is 0 Å². The highest BCUT2D eigenvalue weighted by Gasteiger charge is 2.39. The quantitative estimate of drug-likeness (QED) is 0.865. The second kappa shape index (κ2) is 6.63. The van der Waals surface area contributed by atoms with Crippen LogP contribution in [-0.4, -0.2) is 28.4 Å². The summed E-state index contributed by atoms with van der Waals surface area (Å²) < 4.78 is 1.08. The zero-order chi connectivity index (χ0) is 16.6. The number of carboxylic acid groups (broad SMARTS) is 1. The van der Waals surface area contributed by atoms with Gasteiger partial charge in [-0.15, -0.1) is 0 Å². The van der Waals surface area contributed by atoms with Crippen molar-refractivity contribution in [2.75, 3.05) is 6.54 Å². The lowest BCUT2D eigenvalue weighted by Gasteiger charge is -2.28. The monoisotopic (exact) mass is 379 g/mol. The maximum atomic E-state index is 12.9. The van der Waals surface area contributed by atoms with Crippen molar-refractivity contribution in [3.8, 4) is 0 Å². The number of carboxylic acids is 1. The number of benzene rings is 1. The summed E-state index contributed by atoms with van der Waals surface area (Å²) >= 11 is 3.52. The van der Waals surface area contributed by atoms with Crippen LogP contribution >= 0.6 is 15.9 Å². The van der Waals surface area contributed by atoms with Crippen molar-refractivity contribution in [1.29, 1.82) is 0 Å².